The predicted octanol–water partition coefficient (Wildman–Crippen LogP) is 3.92. The van der Waals surface area contributed by atoms with Crippen molar-refractivity contribution in [2.24, 2.45) is 0 Å². The van der Waals surface area contributed by atoms with Crippen molar-refractivity contribution in [1.29, 1.82) is 0 Å². The van der Waals surface area contributed by atoms with Crippen molar-refractivity contribution in [3.8, 4) is 5.75 Å². The molecule has 108 valence electrons. The highest BCUT2D eigenvalue weighted by Gasteiger charge is 2.31. The molecule has 0 saturated heterocycles. The molecule has 2 aromatic carbocycles. The van der Waals surface area contributed by atoms with Crippen LogP contribution in [0.15, 0.2) is 42.5 Å². The largest absolute Gasteiger partial charge is 0.493 e. The Kier molecular flexibility index (Phi) is 3.28. The predicted molar refractivity (Wildman–Crippen MR) is 79.4 cm³/mol. The van der Waals surface area contributed by atoms with E-state index in [1.807, 2.05) is 26.0 Å². The number of carbonyl (C=O) groups excluding carboxylic acids is 1. The standard InChI is InChI=1S/C18H17FO2/c1-18(2,14-4-6-15(19)7-5-14)17(20)13-3-8-16-12(11-13)9-10-21-16/h3-8,11H,9-10H2,1-2H3. The minimum Gasteiger partial charge on any atom is -0.493 e. The number of fused-ring (bicyclic) bond motifs is 1. The Morgan fingerprint density at radius 1 is 1.14 bits per heavy atom. The average Bonchev–Trinajstić information content (AvgIpc) is 2.94. The SMILES string of the molecule is CC(C)(C(=O)c1ccc2c(c1)CCO2)c1ccc(F)cc1. The van der Waals surface area contributed by atoms with Crippen LogP contribution >= 0.6 is 0 Å². The van der Waals surface area contributed by atoms with Crippen LogP contribution in [-0.2, 0) is 11.8 Å². The molecule has 3 rings (SSSR count). The zero-order valence-corrected chi connectivity index (χ0v) is 12.2. The van der Waals surface area contributed by atoms with E-state index < -0.39 is 5.41 Å². The fourth-order valence-corrected chi connectivity index (χ4v) is 2.69. The number of ether oxygens (including phenoxy) is 1. The molecule has 1 heterocycles. The monoisotopic (exact) mass is 284 g/mol. The molecule has 0 amide bonds. The second kappa shape index (κ2) is 4.99. The molecule has 0 radical (unpaired) electrons. The zero-order valence-electron chi connectivity index (χ0n) is 12.2. The molecule has 0 aromatic heterocycles. The Morgan fingerprint density at radius 3 is 2.57 bits per heavy atom. The second-order valence-electron chi connectivity index (χ2n) is 5.88. The van der Waals surface area contributed by atoms with Crippen molar-refractivity contribution in [2.45, 2.75) is 25.7 Å². The first-order chi connectivity index (χ1) is 9.98. The molecule has 1 aliphatic heterocycles. The van der Waals surface area contributed by atoms with Crippen LogP contribution in [0.2, 0.25) is 0 Å². The molecule has 1 aliphatic rings. The first-order valence-corrected chi connectivity index (χ1v) is 7.05. The van der Waals surface area contributed by atoms with Gasteiger partial charge in [-0.05, 0) is 55.3 Å². The molecule has 3 heteroatoms. The maximum absolute atomic E-state index is 13.1. The molecule has 2 aromatic rings. The third-order valence-corrected chi connectivity index (χ3v) is 4.09. The lowest BCUT2D eigenvalue weighted by molar-refractivity contribution is 0.0908. The summed E-state index contributed by atoms with van der Waals surface area (Å²) in [6.45, 7) is 4.41. The summed E-state index contributed by atoms with van der Waals surface area (Å²) >= 11 is 0. The number of rotatable bonds is 3. The van der Waals surface area contributed by atoms with Crippen LogP contribution in [0.25, 0.3) is 0 Å². The summed E-state index contributed by atoms with van der Waals surface area (Å²) in [5.41, 5.74) is 1.87. The third kappa shape index (κ3) is 2.44. The lowest BCUT2D eigenvalue weighted by Gasteiger charge is -2.24. The Hall–Kier alpha value is -2.16. The Balaban J connectivity index is 1.95. The number of hydrogen-bond donors (Lipinski definition) is 0. The fourth-order valence-electron chi connectivity index (χ4n) is 2.69. The van der Waals surface area contributed by atoms with Gasteiger partial charge in [0.15, 0.2) is 5.78 Å². The molecule has 21 heavy (non-hydrogen) atoms. The van der Waals surface area contributed by atoms with Crippen molar-refractivity contribution in [2.75, 3.05) is 6.61 Å². The molecule has 0 unspecified atom stereocenters. The van der Waals surface area contributed by atoms with Gasteiger partial charge in [-0.3, -0.25) is 4.79 Å². The Bertz CT molecular complexity index is 687. The topological polar surface area (TPSA) is 26.3 Å². The Morgan fingerprint density at radius 2 is 1.86 bits per heavy atom. The number of halogens is 1. The van der Waals surface area contributed by atoms with Gasteiger partial charge in [0.2, 0.25) is 0 Å². The van der Waals surface area contributed by atoms with Crippen LogP contribution in [0.3, 0.4) is 0 Å². The van der Waals surface area contributed by atoms with E-state index in [4.69, 9.17) is 4.74 Å². The van der Waals surface area contributed by atoms with Crippen LogP contribution in [0, 0.1) is 5.82 Å². The maximum Gasteiger partial charge on any atom is 0.172 e. The minimum atomic E-state index is -0.693. The van der Waals surface area contributed by atoms with Crippen LogP contribution in [0.4, 0.5) is 4.39 Å². The summed E-state index contributed by atoms with van der Waals surface area (Å²) in [5, 5.41) is 0. The number of ketones is 1. The van der Waals surface area contributed by atoms with Crippen molar-refractivity contribution in [3.63, 3.8) is 0 Å². The molecule has 0 bridgehead atoms. The molecular formula is C18H17FO2. The first-order valence-electron chi connectivity index (χ1n) is 7.05. The number of Topliss-reactive ketones (excluding diaryl/α,β-unsaturated/α-hetero) is 1. The number of carbonyl (C=O) groups is 1. The van der Waals surface area contributed by atoms with Gasteiger partial charge in [-0.15, -0.1) is 0 Å². The number of hydrogen-bond acceptors (Lipinski definition) is 2. The summed E-state index contributed by atoms with van der Waals surface area (Å²) in [6, 6.07) is 11.7. The highest BCUT2D eigenvalue weighted by molar-refractivity contribution is 6.03. The molecule has 0 spiro atoms. The molecular weight excluding hydrogens is 267 g/mol. The van der Waals surface area contributed by atoms with E-state index in [1.165, 1.54) is 12.1 Å². The van der Waals surface area contributed by atoms with Gasteiger partial charge < -0.3 is 4.74 Å². The van der Waals surface area contributed by atoms with Gasteiger partial charge >= 0.3 is 0 Å². The van der Waals surface area contributed by atoms with Gasteiger partial charge in [0.25, 0.3) is 0 Å². The lowest BCUT2D eigenvalue weighted by Crippen LogP contribution is -2.29. The summed E-state index contributed by atoms with van der Waals surface area (Å²) < 4.78 is 18.5. The van der Waals surface area contributed by atoms with E-state index in [1.54, 1.807) is 18.2 Å². The summed E-state index contributed by atoms with van der Waals surface area (Å²) in [6.07, 6.45) is 0.841. The van der Waals surface area contributed by atoms with Gasteiger partial charge in [0.1, 0.15) is 11.6 Å². The zero-order chi connectivity index (χ0) is 15.0. The molecule has 0 atom stereocenters. The summed E-state index contributed by atoms with van der Waals surface area (Å²) in [7, 11) is 0. The third-order valence-electron chi connectivity index (χ3n) is 4.09. The van der Waals surface area contributed by atoms with Gasteiger partial charge in [0.05, 0.1) is 12.0 Å². The van der Waals surface area contributed by atoms with Gasteiger partial charge in [-0.1, -0.05) is 12.1 Å². The molecule has 0 N–H and O–H groups in total. The van der Waals surface area contributed by atoms with Crippen LogP contribution in [0.5, 0.6) is 5.75 Å². The normalized spacial score (nSPS) is 13.7. The van der Waals surface area contributed by atoms with E-state index in [-0.39, 0.29) is 11.6 Å². The molecule has 0 aliphatic carbocycles. The smallest absolute Gasteiger partial charge is 0.172 e. The van der Waals surface area contributed by atoms with Crippen LogP contribution < -0.4 is 4.74 Å². The average molecular weight is 284 g/mol. The van der Waals surface area contributed by atoms with Crippen LogP contribution in [-0.4, -0.2) is 12.4 Å². The number of benzene rings is 2. The second-order valence-corrected chi connectivity index (χ2v) is 5.88. The van der Waals surface area contributed by atoms with Crippen molar-refractivity contribution < 1.29 is 13.9 Å². The molecule has 2 nitrogen and oxygen atoms in total. The van der Waals surface area contributed by atoms with Crippen LogP contribution in [0.1, 0.15) is 35.3 Å². The molecule has 0 fully saturated rings. The minimum absolute atomic E-state index is 0.0313. The summed E-state index contributed by atoms with van der Waals surface area (Å²) in [4.78, 5) is 12.8. The van der Waals surface area contributed by atoms with E-state index in [2.05, 4.69) is 0 Å². The first kappa shape index (κ1) is 13.8. The highest BCUT2D eigenvalue weighted by atomic mass is 19.1. The Labute approximate surface area is 123 Å². The van der Waals surface area contributed by atoms with E-state index in [9.17, 15) is 9.18 Å². The van der Waals surface area contributed by atoms with Gasteiger partial charge in [-0.25, -0.2) is 4.39 Å². The van der Waals surface area contributed by atoms with Crippen molar-refractivity contribution in [3.05, 3.63) is 65.0 Å². The van der Waals surface area contributed by atoms with Gasteiger partial charge in [-0.2, -0.15) is 0 Å². The fraction of sp³-hybridized carbons (Fsp3) is 0.278. The van der Waals surface area contributed by atoms with E-state index >= 15 is 0 Å². The van der Waals surface area contributed by atoms with Crippen molar-refractivity contribution in [1.82, 2.24) is 0 Å². The van der Waals surface area contributed by atoms with E-state index in [0.29, 0.717) is 12.2 Å². The lowest BCUT2D eigenvalue weighted by atomic mass is 9.78. The quantitative estimate of drug-likeness (QED) is 0.798. The summed E-state index contributed by atoms with van der Waals surface area (Å²) in [5.74, 6) is 0.603. The highest BCUT2D eigenvalue weighted by Crippen LogP contribution is 2.31. The van der Waals surface area contributed by atoms with Gasteiger partial charge in [0, 0.05) is 12.0 Å². The van der Waals surface area contributed by atoms with Crippen molar-refractivity contribution >= 4 is 5.78 Å². The maximum atomic E-state index is 13.1. The van der Waals surface area contributed by atoms with E-state index in [0.717, 1.165) is 23.3 Å². The molecule has 0 saturated carbocycles.